The topological polar surface area (TPSA) is 128 Å². The summed E-state index contributed by atoms with van der Waals surface area (Å²) in [5.74, 6) is 2.85. The van der Waals surface area contributed by atoms with Crippen molar-refractivity contribution in [1.29, 1.82) is 0 Å². The molecular weight excluding hydrogens is 498 g/mol. The van der Waals surface area contributed by atoms with Crippen molar-refractivity contribution in [3.63, 3.8) is 0 Å². The fraction of sp³-hybridized carbons (Fsp3) is 0.286. The number of methoxy groups -OCH3 is 3. The summed E-state index contributed by atoms with van der Waals surface area (Å²) >= 11 is 0. The summed E-state index contributed by atoms with van der Waals surface area (Å²) in [6, 6.07) is 17.0. The van der Waals surface area contributed by atoms with E-state index in [1.807, 2.05) is 54.6 Å². The Balaban J connectivity index is 1.32. The van der Waals surface area contributed by atoms with Crippen LogP contribution in [0.1, 0.15) is 5.56 Å². The molecule has 1 fully saturated rings. The van der Waals surface area contributed by atoms with Gasteiger partial charge in [-0.2, -0.15) is 4.98 Å². The summed E-state index contributed by atoms with van der Waals surface area (Å²) in [6.07, 6.45) is 0. The van der Waals surface area contributed by atoms with Crippen LogP contribution >= 0.6 is 0 Å². The predicted molar refractivity (Wildman–Crippen MR) is 149 cm³/mol. The van der Waals surface area contributed by atoms with Crippen LogP contribution in [0, 0.1) is 0 Å². The number of fused-ring (bicyclic) bond motifs is 1. The first-order chi connectivity index (χ1) is 19.0. The Kier molecular flexibility index (Phi) is 7.48. The smallest absolute Gasteiger partial charge is 0.317 e. The standard InChI is InChI=1S/C28H31N7O4/c1-37-20-6-4-5-18(15-20)17-30-28(36)35-13-11-34(12-14-35)26-25-22(32-27(29)33-26)9-8-21(31-25)19-7-10-23(38-2)24(16-19)39-3/h4-10,15-16H,11-14,17H2,1-3H3,(H,30,36)(H2,29,32,33). The average Bonchev–Trinajstić information content (AvgIpc) is 2.99. The minimum Gasteiger partial charge on any atom is -0.497 e. The fourth-order valence-electron chi connectivity index (χ4n) is 4.59. The second-order valence-electron chi connectivity index (χ2n) is 9.02. The molecule has 0 radical (unpaired) electrons. The molecule has 0 saturated carbocycles. The lowest BCUT2D eigenvalue weighted by atomic mass is 10.1. The van der Waals surface area contributed by atoms with E-state index in [1.54, 1.807) is 26.2 Å². The maximum Gasteiger partial charge on any atom is 0.317 e. The van der Waals surface area contributed by atoms with Crippen LogP contribution in [0.2, 0.25) is 0 Å². The molecule has 0 aliphatic carbocycles. The van der Waals surface area contributed by atoms with Crippen molar-refractivity contribution in [3.8, 4) is 28.5 Å². The molecule has 5 rings (SSSR count). The Hall–Kier alpha value is -4.80. The van der Waals surface area contributed by atoms with Crippen LogP contribution in [0.15, 0.2) is 54.6 Å². The summed E-state index contributed by atoms with van der Waals surface area (Å²) in [5, 5.41) is 2.99. The molecule has 0 bridgehead atoms. The van der Waals surface area contributed by atoms with E-state index in [1.165, 1.54) is 0 Å². The van der Waals surface area contributed by atoms with Crippen LogP contribution in [-0.2, 0) is 6.54 Å². The van der Waals surface area contributed by atoms with Crippen LogP contribution in [0.3, 0.4) is 0 Å². The third-order valence-electron chi connectivity index (χ3n) is 6.66. The number of pyridine rings is 1. The van der Waals surface area contributed by atoms with E-state index in [9.17, 15) is 4.79 Å². The molecule has 1 saturated heterocycles. The van der Waals surface area contributed by atoms with Crippen molar-refractivity contribution in [2.75, 3.05) is 58.1 Å². The van der Waals surface area contributed by atoms with Crippen molar-refractivity contribution in [1.82, 2.24) is 25.2 Å². The molecule has 11 heteroatoms. The number of nitrogens with one attached hydrogen (secondary N) is 1. The number of anilines is 2. The number of ether oxygens (including phenoxy) is 3. The number of nitrogens with zero attached hydrogens (tertiary/aromatic N) is 5. The van der Waals surface area contributed by atoms with Gasteiger partial charge in [0.25, 0.3) is 0 Å². The molecule has 39 heavy (non-hydrogen) atoms. The first kappa shape index (κ1) is 25.8. The number of carbonyl (C=O) groups is 1. The number of aromatic nitrogens is 3. The highest BCUT2D eigenvalue weighted by Crippen LogP contribution is 2.33. The van der Waals surface area contributed by atoms with Gasteiger partial charge in [0.2, 0.25) is 5.95 Å². The van der Waals surface area contributed by atoms with Crippen molar-refractivity contribution < 1.29 is 19.0 Å². The molecule has 3 heterocycles. The monoisotopic (exact) mass is 529 g/mol. The van der Waals surface area contributed by atoms with Crippen molar-refractivity contribution in [2.45, 2.75) is 6.54 Å². The molecule has 11 nitrogen and oxygen atoms in total. The molecule has 0 atom stereocenters. The molecule has 3 N–H and O–H groups in total. The predicted octanol–water partition coefficient (Wildman–Crippen LogP) is 3.33. The summed E-state index contributed by atoms with van der Waals surface area (Å²) in [5.41, 5.74) is 9.94. The number of rotatable bonds is 7. The zero-order valence-electron chi connectivity index (χ0n) is 22.2. The first-order valence-corrected chi connectivity index (χ1v) is 12.6. The minimum atomic E-state index is -0.113. The lowest BCUT2D eigenvalue weighted by Gasteiger charge is -2.35. The third-order valence-corrected chi connectivity index (χ3v) is 6.66. The van der Waals surface area contributed by atoms with Gasteiger partial charge in [-0.15, -0.1) is 0 Å². The molecule has 2 aromatic carbocycles. The lowest BCUT2D eigenvalue weighted by molar-refractivity contribution is 0.194. The quantitative estimate of drug-likeness (QED) is 0.370. The molecule has 1 aliphatic rings. The van der Waals surface area contributed by atoms with Gasteiger partial charge in [0.05, 0.1) is 32.5 Å². The van der Waals surface area contributed by atoms with Crippen LogP contribution in [0.5, 0.6) is 17.2 Å². The van der Waals surface area contributed by atoms with Gasteiger partial charge in [-0.3, -0.25) is 0 Å². The van der Waals surface area contributed by atoms with Crippen molar-refractivity contribution in [2.24, 2.45) is 0 Å². The SMILES string of the molecule is COc1cccc(CNC(=O)N2CCN(c3nc(N)nc4ccc(-c5ccc(OC)c(OC)c5)nc34)CC2)c1. The number of hydrogen-bond acceptors (Lipinski definition) is 9. The zero-order valence-corrected chi connectivity index (χ0v) is 22.2. The van der Waals surface area contributed by atoms with E-state index in [0.717, 1.165) is 22.6 Å². The van der Waals surface area contributed by atoms with Gasteiger partial charge in [-0.1, -0.05) is 12.1 Å². The van der Waals surface area contributed by atoms with Crippen molar-refractivity contribution in [3.05, 3.63) is 60.2 Å². The van der Waals surface area contributed by atoms with Gasteiger partial charge in [0.1, 0.15) is 11.3 Å². The molecule has 1 aliphatic heterocycles. The molecule has 2 aromatic heterocycles. The summed E-state index contributed by atoms with van der Waals surface area (Å²) in [6.45, 7) is 2.66. The average molecular weight is 530 g/mol. The molecular formula is C28H31N7O4. The first-order valence-electron chi connectivity index (χ1n) is 12.6. The number of nitrogen functional groups attached to an aromatic ring is 1. The van der Waals surface area contributed by atoms with Gasteiger partial charge >= 0.3 is 6.03 Å². The van der Waals surface area contributed by atoms with Gasteiger partial charge in [0.15, 0.2) is 17.3 Å². The maximum atomic E-state index is 12.8. The Morgan fingerprint density at radius 3 is 2.44 bits per heavy atom. The summed E-state index contributed by atoms with van der Waals surface area (Å²) in [4.78, 5) is 30.5. The van der Waals surface area contributed by atoms with Crippen LogP contribution in [-0.4, -0.2) is 73.4 Å². The highest BCUT2D eigenvalue weighted by molar-refractivity contribution is 5.89. The van der Waals surface area contributed by atoms with Gasteiger partial charge in [0, 0.05) is 38.3 Å². The van der Waals surface area contributed by atoms with Crippen LogP contribution in [0.4, 0.5) is 16.6 Å². The second-order valence-corrected chi connectivity index (χ2v) is 9.02. The molecule has 2 amide bonds. The zero-order chi connectivity index (χ0) is 27.4. The van der Waals surface area contributed by atoms with E-state index >= 15 is 0 Å². The van der Waals surface area contributed by atoms with Crippen LogP contribution in [0.25, 0.3) is 22.3 Å². The van der Waals surface area contributed by atoms with E-state index < -0.39 is 0 Å². The number of benzene rings is 2. The second kappa shape index (κ2) is 11.3. The summed E-state index contributed by atoms with van der Waals surface area (Å²) < 4.78 is 16.1. The largest absolute Gasteiger partial charge is 0.497 e. The minimum absolute atomic E-state index is 0.113. The fourth-order valence-corrected chi connectivity index (χ4v) is 4.59. The number of piperazine rings is 1. The van der Waals surface area contributed by atoms with E-state index in [4.69, 9.17) is 24.9 Å². The van der Waals surface area contributed by atoms with E-state index in [-0.39, 0.29) is 12.0 Å². The highest BCUT2D eigenvalue weighted by Gasteiger charge is 2.24. The Morgan fingerprint density at radius 2 is 1.69 bits per heavy atom. The molecule has 202 valence electrons. The van der Waals surface area contributed by atoms with Gasteiger partial charge in [-0.05, 0) is 48.0 Å². The Bertz CT molecular complexity index is 1490. The van der Waals surface area contributed by atoms with Crippen molar-refractivity contribution >= 4 is 28.8 Å². The van der Waals surface area contributed by atoms with Gasteiger partial charge in [-0.25, -0.2) is 14.8 Å². The Labute approximate surface area is 226 Å². The lowest BCUT2D eigenvalue weighted by Crippen LogP contribution is -2.52. The number of urea groups is 1. The normalized spacial score (nSPS) is 13.3. The number of amides is 2. The highest BCUT2D eigenvalue weighted by atomic mass is 16.5. The molecule has 0 spiro atoms. The van der Waals surface area contributed by atoms with E-state index in [2.05, 4.69) is 20.2 Å². The number of carbonyl (C=O) groups excluding carboxylic acids is 1. The third kappa shape index (κ3) is 5.57. The number of nitrogens with two attached hydrogens (primary N) is 1. The van der Waals surface area contributed by atoms with Gasteiger partial charge < -0.3 is 35.1 Å². The maximum absolute atomic E-state index is 12.8. The van der Waals surface area contributed by atoms with E-state index in [0.29, 0.717) is 61.1 Å². The summed E-state index contributed by atoms with van der Waals surface area (Å²) in [7, 11) is 4.82. The Morgan fingerprint density at radius 1 is 0.897 bits per heavy atom. The number of hydrogen-bond donors (Lipinski definition) is 2. The molecule has 4 aromatic rings. The molecule has 0 unspecified atom stereocenters. The van der Waals surface area contributed by atoms with Crippen LogP contribution < -0.4 is 30.2 Å².